The predicted octanol–water partition coefficient (Wildman–Crippen LogP) is 3.42. The zero-order valence-electron chi connectivity index (χ0n) is 12.1. The number of aryl methyl sites for hydroxylation is 1. The third kappa shape index (κ3) is 3.07. The van der Waals surface area contributed by atoms with Gasteiger partial charge in [-0.25, -0.2) is 4.79 Å². The molecule has 110 valence electrons. The molecule has 1 saturated heterocycles. The molecule has 1 unspecified atom stereocenters. The number of aliphatic hydroxyl groups is 1. The average molecular weight is 297 g/mol. The Hall–Kier alpha value is -1.26. The number of hydrogen-bond donors (Lipinski definition) is 2. The number of halogens is 1. The van der Waals surface area contributed by atoms with Crippen LogP contribution in [0.25, 0.3) is 0 Å². The minimum Gasteiger partial charge on any atom is -0.388 e. The number of nitrogens with one attached hydrogen (secondary N) is 1. The lowest BCUT2D eigenvalue weighted by Gasteiger charge is -2.33. The maximum atomic E-state index is 12.4. The number of carbonyl (C=O) groups is 1. The first-order valence-electron chi connectivity index (χ1n) is 6.86. The van der Waals surface area contributed by atoms with Crippen LogP contribution in [0.3, 0.4) is 0 Å². The van der Waals surface area contributed by atoms with E-state index in [0.717, 1.165) is 18.4 Å². The molecule has 1 aromatic rings. The average Bonchev–Trinajstić information content (AvgIpc) is 2.84. The van der Waals surface area contributed by atoms with Crippen LogP contribution in [0.2, 0.25) is 5.02 Å². The van der Waals surface area contributed by atoms with E-state index >= 15 is 0 Å². The Morgan fingerprint density at radius 2 is 2.20 bits per heavy atom. The summed E-state index contributed by atoms with van der Waals surface area (Å²) in [6, 6.07) is 5.16. The van der Waals surface area contributed by atoms with Gasteiger partial charge >= 0.3 is 6.03 Å². The van der Waals surface area contributed by atoms with Gasteiger partial charge in [0.05, 0.1) is 22.4 Å². The SMILES string of the molecule is Cc1cccc(NC(=O)N2CCCC2C(C)(C)O)c1Cl. The predicted molar refractivity (Wildman–Crippen MR) is 81.2 cm³/mol. The van der Waals surface area contributed by atoms with Gasteiger partial charge in [0.25, 0.3) is 0 Å². The Labute approximate surface area is 124 Å². The normalized spacial score (nSPS) is 19.2. The number of anilines is 1. The van der Waals surface area contributed by atoms with Gasteiger partial charge in [-0.2, -0.15) is 0 Å². The molecule has 2 amide bonds. The molecule has 0 spiro atoms. The van der Waals surface area contributed by atoms with Crippen molar-refractivity contribution in [1.29, 1.82) is 0 Å². The second-order valence-electron chi connectivity index (χ2n) is 5.87. The number of urea groups is 1. The standard InChI is InChI=1S/C15H21ClN2O2/c1-10-6-4-7-11(13(10)16)17-14(19)18-9-5-8-12(18)15(2,3)20/h4,6-7,12,20H,5,8-9H2,1-3H3,(H,17,19). The molecule has 20 heavy (non-hydrogen) atoms. The highest BCUT2D eigenvalue weighted by Crippen LogP contribution is 2.29. The Kier molecular flexibility index (Phi) is 4.25. The first kappa shape index (κ1) is 15.1. The highest BCUT2D eigenvalue weighted by atomic mass is 35.5. The van der Waals surface area contributed by atoms with Gasteiger partial charge in [0.2, 0.25) is 0 Å². The summed E-state index contributed by atoms with van der Waals surface area (Å²) in [5, 5.41) is 13.5. The van der Waals surface area contributed by atoms with E-state index < -0.39 is 5.60 Å². The molecule has 1 aliphatic heterocycles. The Bertz CT molecular complexity index is 511. The van der Waals surface area contributed by atoms with Crippen molar-refractivity contribution in [2.45, 2.75) is 45.3 Å². The van der Waals surface area contributed by atoms with E-state index in [-0.39, 0.29) is 12.1 Å². The summed E-state index contributed by atoms with van der Waals surface area (Å²) in [7, 11) is 0. The maximum Gasteiger partial charge on any atom is 0.322 e. The third-order valence-corrected chi connectivity index (χ3v) is 4.26. The number of nitrogens with zero attached hydrogens (tertiary/aromatic N) is 1. The van der Waals surface area contributed by atoms with Gasteiger partial charge in [-0.05, 0) is 45.2 Å². The van der Waals surface area contributed by atoms with Crippen molar-refractivity contribution in [3.8, 4) is 0 Å². The van der Waals surface area contributed by atoms with Gasteiger partial charge in [0.15, 0.2) is 0 Å². The van der Waals surface area contributed by atoms with Gasteiger partial charge in [-0.15, -0.1) is 0 Å². The molecule has 1 heterocycles. The molecule has 0 radical (unpaired) electrons. The minimum atomic E-state index is -0.899. The summed E-state index contributed by atoms with van der Waals surface area (Å²) in [6.07, 6.45) is 1.72. The Balaban J connectivity index is 2.14. The summed E-state index contributed by atoms with van der Waals surface area (Å²) in [5.74, 6) is 0. The van der Waals surface area contributed by atoms with Crippen LogP contribution in [0.1, 0.15) is 32.3 Å². The lowest BCUT2D eigenvalue weighted by molar-refractivity contribution is 0.0117. The van der Waals surface area contributed by atoms with Crippen LogP contribution in [-0.4, -0.2) is 34.2 Å². The van der Waals surface area contributed by atoms with Crippen molar-refractivity contribution in [2.24, 2.45) is 0 Å². The van der Waals surface area contributed by atoms with Crippen LogP contribution >= 0.6 is 11.6 Å². The first-order chi connectivity index (χ1) is 9.30. The summed E-state index contributed by atoms with van der Waals surface area (Å²) in [5.41, 5.74) is 0.632. The van der Waals surface area contributed by atoms with Crippen LogP contribution in [0.15, 0.2) is 18.2 Å². The number of hydrogen-bond acceptors (Lipinski definition) is 2. The molecule has 5 heteroatoms. The van der Waals surface area contributed by atoms with E-state index in [9.17, 15) is 9.90 Å². The summed E-state index contributed by atoms with van der Waals surface area (Å²) in [4.78, 5) is 14.1. The lowest BCUT2D eigenvalue weighted by atomic mass is 9.97. The molecular weight excluding hydrogens is 276 g/mol. The topological polar surface area (TPSA) is 52.6 Å². The molecule has 1 atom stereocenters. The van der Waals surface area contributed by atoms with Crippen molar-refractivity contribution in [3.63, 3.8) is 0 Å². The van der Waals surface area contributed by atoms with E-state index in [4.69, 9.17) is 11.6 Å². The van der Waals surface area contributed by atoms with Crippen LogP contribution in [-0.2, 0) is 0 Å². The van der Waals surface area contributed by atoms with Crippen LogP contribution in [0, 0.1) is 6.92 Å². The van der Waals surface area contributed by atoms with E-state index in [1.807, 2.05) is 19.1 Å². The fourth-order valence-corrected chi connectivity index (χ4v) is 2.85. The Morgan fingerprint density at radius 1 is 1.50 bits per heavy atom. The zero-order chi connectivity index (χ0) is 14.9. The van der Waals surface area contributed by atoms with Gasteiger partial charge in [-0.1, -0.05) is 23.7 Å². The second kappa shape index (κ2) is 5.62. The maximum absolute atomic E-state index is 12.4. The molecule has 1 fully saturated rings. The lowest BCUT2D eigenvalue weighted by Crippen LogP contribution is -2.49. The molecular formula is C15H21ClN2O2. The summed E-state index contributed by atoms with van der Waals surface area (Å²) in [6.45, 7) is 6.03. The molecule has 0 bridgehead atoms. The fourth-order valence-electron chi connectivity index (χ4n) is 2.68. The largest absolute Gasteiger partial charge is 0.388 e. The molecule has 2 N–H and O–H groups in total. The molecule has 2 rings (SSSR count). The monoisotopic (exact) mass is 296 g/mol. The molecule has 0 aromatic heterocycles. The van der Waals surface area contributed by atoms with Gasteiger partial charge in [0, 0.05) is 6.54 Å². The number of amides is 2. The molecule has 1 aromatic carbocycles. The zero-order valence-corrected chi connectivity index (χ0v) is 12.9. The van der Waals surface area contributed by atoms with Crippen molar-refractivity contribution in [3.05, 3.63) is 28.8 Å². The quantitative estimate of drug-likeness (QED) is 0.878. The number of rotatable bonds is 2. The highest BCUT2D eigenvalue weighted by molar-refractivity contribution is 6.34. The number of likely N-dealkylation sites (tertiary alicyclic amines) is 1. The first-order valence-corrected chi connectivity index (χ1v) is 7.23. The number of carbonyl (C=O) groups excluding carboxylic acids is 1. The van der Waals surface area contributed by atoms with Crippen molar-refractivity contribution < 1.29 is 9.90 Å². The highest BCUT2D eigenvalue weighted by Gasteiger charge is 2.38. The van der Waals surface area contributed by atoms with Crippen molar-refractivity contribution in [2.75, 3.05) is 11.9 Å². The second-order valence-corrected chi connectivity index (χ2v) is 6.25. The number of benzene rings is 1. The smallest absolute Gasteiger partial charge is 0.322 e. The fraction of sp³-hybridized carbons (Fsp3) is 0.533. The summed E-state index contributed by atoms with van der Waals surface area (Å²) >= 11 is 6.19. The van der Waals surface area contributed by atoms with Gasteiger partial charge in [0.1, 0.15) is 0 Å². The minimum absolute atomic E-state index is 0.161. The van der Waals surface area contributed by atoms with E-state index in [2.05, 4.69) is 5.32 Å². The van der Waals surface area contributed by atoms with Crippen LogP contribution in [0.4, 0.5) is 10.5 Å². The molecule has 4 nitrogen and oxygen atoms in total. The molecule has 0 aliphatic carbocycles. The van der Waals surface area contributed by atoms with Crippen LogP contribution < -0.4 is 5.32 Å². The van der Waals surface area contributed by atoms with Crippen molar-refractivity contribution in [1.82, 2.24) is 4.90 Å². The summed E-state index contributed by atoms with van der Waals surface area (Å²) < 4.78 is 0. The van der Waals surface area contributed by atoms with E-state index in [0.29, 0.717) is 17.3 Å². The van der Waals surface area contributed by atoms with Crippen molar-refractivity contribution >= 4 is 23.3 Å². The van der Waals surface area contributed by atoms with E-state index in [1.165, 1.54) is 0 Å². The Morgan fingerprint density at radius 3 is 2.85 bits per heavy atom. The van der Waals surface area contributed by atoms with E-state index in [1.54, 1.807) is 24.8 Å². The van der Waals surface area contributed by atoms with Crippen LogP contribution in [0.5, 0.6) is 0 Å². The van der Waals surface area contributed by atoms with Gasteiger partial charge < -0.3 is 15.3 Å². The molecule has 0 saturated carbocycles. The molecule has 1 aliphatic rings. The third-order valence-electron chi connectivity index (χ3n) is 3.76. The van der Waals surface area contributed by atoms with Gasteiger partial charge in [-0.3, -0.25) is 0 Å².